The molecule has 0 aromatic carbocycles. The normalized spacial score (nSPS) is 24.7. The molecule has 0 bridgehead atoms. The Labute approximate surface area is 97.6 Å². The third kappa shape index (κ3) is 3.52. The Bertz CT molecular complexity index is 292. The van der Waals surface area contributed by atoms with Gasteiger partial charge in [0.25, 0.3) is 0 Å². The molecular formula is C12H22N2O2. The van der Waals surface area contributed by atoms with E-state index in [2.05, 4.69) is 12.2 Å². The molecule has 1 saturated heterocycles. The zero-order valence-corrected chi connectivity index (χ0v) is 10.8. The van der Waals surface area contributed by atoms with E-state index in [9.17, 15) is 4.79 Å². The molecule has 0 aliphatic carbocycles. The fourth-order valence-corrected chi connectivity index (χ4v) is 1.60. The van der Waals surface area contributed by atoms with E-state index in [0.29, 0.717) is 12.6 Å². The highest BCUT2D eigenvalue weighted by molar-refractivity contribution is 5.70. The predicted octanol–water partition coefficient (Wildman–Crippen LogP) is 2.12. The van der Waals surface area contributed by atoms with Crippen molar-refractivity contribution in [3.05, 3.63) is 11.8 Å². The SMILES string of the molecule is CC=C1CN[C@H](C)CN1C(=O)OC(C)(C)C. The number of rotatable bonds is 0. The Balaban J connectivity index is 2.72. The van der Waals surface area contributed by atoms with Gasteiger partial charge in [-0.15, -0.1) is 0 Å². The van der Waals surface area contributed by atoms with E-state index in [1.165, 1.54) is 0 Å². The van der Waals surface area contributed by atoms with Crippen molar-refractivity contribution in [2.45, 2.75) is 46.3 Å². The Morgan fingerprint density at radius 1 is 1.56 bits per heavy atom. The second-order valence-corrected chi connectivity index (χ2v) is 5.15. The van der Waals surface area contributed by atoms with Crippen molar-refractivity contribution in [3.8, 4) is 0 Å². The Hall–Kier alpha value is -1.03. The number of hydrogen-bond acceptors (Lipinski definition) is 3. The van der Waals surface area contributed by atoms with E-state index < -0.39 is 5.60 Å². The van der Waals surface area contributed by atoms with Crippen LogP contribution in [0.5, 0.6) is 0 Å². The second-order valence-electron chi connectivity index (χ2n) is 5.15. The Kier molecular flexibility index (Phi) is 3.97. The number of allylic oxidation sites excluding steroid dienone is 1. The molecule has 1 aliphatic heterocycles. The summed E-state index contributed by atoms with van der Waals surface area (Å²) in [5.74, 6) is 0. The molecule has 1 atom stereocenters. The smallest absolute Gasteiger partial charge is 0.414 e. The molecule has 4 nitrogen and oxygen atoms in total. The maximum Gasteiger partial charge on any atom is 0.414 e. The molecule has 1 aliphatic rings. The average molecular weight is 226 g/mol. The zero-order chi connectivity index (χ0) is 12.3. The minimum Gasteiger partial charge on any atom is -0.443 e. The van der Waals surface area contributed by atoms with E-state index in [0.717, 1.165) is 12.2 Å². The summed E-state index contributed by atoms with van der Waals surface area (Å²) in [6.07, 6.45) is 1.69. The quantitative estimate of drug-likeness (QED) is 0.688. The molecule has 1 N–H and O–H groups in total. The first kappa shape index (κ1) is 13.0. The average Bonchev–Trinajstić information content (AvgIpc) is 2.15. The summed E-state index contributed by atoms with van der Waals surface area (Å²) in [5, 5.41) is 3.31. The number of nitrogens with zero attached hydrogens (tertiary/aromatic N) is 1. The van der Waals surface area contributed by atoms with Gasteiger partial charge in [0, 0.05) is 24.8 Å². The molecule has 0 radical (unpaired) electrons. The number of hydrogen-bond donors (Lipinski definition) is 1. The van der Waals surface area contributed by atoms with Crippen LogP contribution in [0, 0.1) is 0 Å². The van der Waals surface area contributed by atoms with Gasteiger partial charge in [-0.3, -0.25) is 4.90 Å². The van der Waals surface area contributed by atoms with Crippen molar-refractivity contribution in [1.29, 1.82) is 0 Å². The lowest BCUT2D eigenvalue weighted by Gasteiger charge is -2.35. The first-order valence-electron chi connectivity index (χ1n) is 5.72. The van der Waals surface area contributed by atoms with Crippen molar-refractivity contribution >= 4 is 6.09 Å². The van der Waals surface area contributed by atoms with Gasteiger partial charge >= 0.3 is 6.09 Å². The summed E-state index contributed by atoms with van der Waals surface area (Å²) in [5.41, 5.74) is 0.539. The molecule has 1 amide bonds. The van der Waals surface area contributed by atoms with Crippen LogP contribution in [0.2, 0.25) is 0 Å². The third-order valence-corrected chi connectivity index (χ3v) is 2.38. The molecule has 4 heteroatoms. The number of ether oxygens (including phenoxy) is 1. The molecule has 1 rings (SSSR count). The fraction of sp³-hybridized carbons (Fsp3) is 0.750. The predicted molar refractivity (Wildman–Crippen MR) is 64.2 cm³/mol. The maximum absolute atomic E-state index is 12.0. The highest BCUT2D eigenvalue weighted by atomic mass is 16.6. The van der Waals surface area contributed by atoms with Crippen molar-refractivity contribution in [3.63, 3.8) is 0 Å². The monoisotopic (exact) mass is 226 g/mol. The molecule has 92 valence electrons. The maximum atomic E-state index is 12.0. The molecule has 0 spiro atoms. The van der Waals surface area contributed by atoms with Crippen LogP contribution >= 0.6 is 0 Å². The van der Waals surface area contributed by atoms with E-state index in [4.69, 9.17) is 4.74 Å². The minimum atomic E-state index is -0.440. The number of nitrogens with one attached hydrogen (secondary N) is 1. The van der Waals surface area contributed by atoms with Crippen LogP contribution in [0.1, 0.15) is 34.6 Å². The third-order valence-electron chi connectivity index (χ3n) is 2.38. The highest BCUT2D eigenvalue weighted by Crippen LogP contribution is 2.16. The van der Waals surface area contributed by atoms with E-state index in [1.54, 1.807) is 4.90 Å². The molecular weight excluding hydrogens is 204 g/mol. The summed E-state index contributed by atoms with van der Waals surface area (Å²) < 4.78 is 5.38. The van der Waals surface area contributed by atoms with Crippen LogP contribution < -0.4 is 5.32 Å². The lowest BCUT2D eigenvalue weighted by molar-refractivity contribution is 0.0273. The van der Waals surface area contributed by atoms with Crippen LogP contribution in [0.4, 0.5) is 4.79 Å². The molecule has 1 fully saturated rings. The lowest BCUT2D eigenvalue weighted by Crippen LogP contribution is -2.51. The van der Waals surface area contributed by atoms with E-state index in [-0.39, 0.29) is 6.09 Å². The van der Waals surface area contributed by atoms with Gasteiger partial charge in [-0.05, 0) is 34.6 Å². The van der Waals surface area contributed by atoms with Crippen molar-refractivity contribution in [2.24, 2.45) is 0 Å². The van der Waals surface area contributed by atoms with Crippen molar-refractivity contribution < 1.29 is 9.53 Å². The largest absolute Gasteiger partial charge is 0.443 e. The molecule has 0 saturated carbocycles. The summed E-state index contributed by atoms with van der Waals surface area (Å²) in [6.45, 7) is 11.0. The van der Waals surface area contributed by atoms with E-state index in [1.807, 2.05) is 33.8 Å². The van der Waals surface area contributed by atoms with Gasteiger partial charge in [0.15, 0.2) is 0 Å². The van der Waals surface area contributed by atoms with Crippen LogP contribution in [0.25, 0.3) is 0 Å². The molecule has 1 heterocycles. The van der Waals surface area contributed by atoms with Crippen molar-refractivity contribution in [2.75, 3.05) is 13.1 Å². The summed E-state index contributed by atoms with van der Waals surface area (Å²) >= 11 is 0. The van der Waals surface area contributed by atoms with Crippen molar-refractivity contribution in [1.82, 2.24) is 10.2 Å². The topological polar surface area (TPSA) is 41.6 Å². The number of carbonyl (C=O) groups is 1. The first-order valence-corrected chi connectivity index (χ1v) is 5.72. The van der Waals surface area contributed by atoms with Crippen LogP contribution in [-0.4, -0.2) is 35.7 Å². The number of piperazine rings is 1. The standard InChI is InChI=1S/C12H22N2O2/c1-6-10-7-13-9(2)8-14(10)11(15)16-12(3,4)5/h6,9,13H,7-8H2,1-5H3/t9-/m1/s1. The summed E-state index contributed by atoms with van der Waals surface area (Å²) in [6, 6.07) is 0.302. The van der Waals surface area contributed by atoms with Gasteiger partial charge in [-0.1, -0.05) is 6.08 Å². The van der Waals surface area contributed by atoms with Crippen LogP contribution in [0.15, 0.2) is 11.8 Å². The number of amides is 1. The van der Waals surface area contributed by atoms with Gasteiger partial charge in [0.2, 0.25) is 0 Å². The van der Waals surface area contributed by atoms with Crippen LogP contribution in [-0.2, 0) is 4.74 Å². The van der Waals surface area contributed by atoms with Gasteiger partial charge < -0.3 is 10.1 Å². The molecule has 0 aromatic heterocycles. The number of carbonyl (C=O) groups excluding carboxylic acids is 1. The van der Waals surface area contributed by atoms with Gasteiger partial charge in [0.1, 0.15) is 5.60 Å². The van der Waals surface area contributed by atoms with Gasteiger partial charge in [0.05, 0.1) is 0 Å². The molecule has 0 aromatic rings. The van der Waals surface area contributed by atoms with Crippen LogP contribution in [0.3, 0.4) is 0 Å². The Morgan fingerprint density at radius 3 is 2.69 bits per heavy atom. The first-order chi connectivity index (χ1) is 7.33. The molecule has 16 heavy (non-hydrogen) atoms. The van der Waals surface area contributed by atoms with Gasteiger partial charge in [-0.25, -0.2) is 4.79 Å². The zero-order valence-electron chi connectivity index (χ0n) is 10.8. The fourth-order valence-electron chi connectivity index (χ4n) is 1.60. The molecule has 0 unspecified atom stereocenters. The Morgan fingerprint density at radius 2 is 2.19 bits per heavy atom. The lowest BCUT2D eigenvalue weighted by atomic mass is 10.2. The van der Waals surface area contributed by atoms with Gasteiger partial charge in [-0.2, -0.15) is 0 Å². The second kappa shape index (κ2) is 4.87. The van der Waals surface area contributed by atoms with E-state index >= 15 is 0 Å². The summed E-state index contributed by atoms with van der Waals surface area (Å²) in [4.78, 5) is 13.7. The minimum absolute atomic E-state index is 0.256. The summed E-state index contributed by atoms with van der Waals surface area (Å²) in [7, 11) is 0. The highest BCUT2D eigenvalue weighted by Gasteiger charge is 2.28.